The zero-order valence-corrected chi connectivity index (χ0v) is 27.5. The number of phenolic OH excluding ortho intramolecular Hbond substituents is 1. The van der Waals surface area contributed by atoms with Crippen molar-refractivity contribution in [3.05, 3.63) is 50.5 Å². The van der Waals surface area contributed by atoms with Gasteiger partial charge in [0.2, 0.25) is 0 Å². The number of benzene rings is 2. The number of ether oxygens (including phenoxy) is 2. The molecule has 2 aromatic carbocycles. The van der Waals surface area contributed by atoms with Gasteiger partial charge < -0.3 is 14.6 Å². The standard InChI is InChI=1S/C20H10Cl4I4O5/c21-7-1-4(10(22)12(24)11(7)23)20(31)33-17-5-2-8(25)15(29)13(27)18(5)32-19-6(17)3-9(26)16(30)14(19)28/h1-2,6,9,14,17,19,29H,3H2. The third kappa shape index (κ3) is 4.92. The average Bonchev–Trinajstić information content (AvgIpc) is 2.78. The van der Waals surface area contributed by atoms with Crippen LogP contribution in [0.1, 0.15) is 28.4 Å². The fourth-order valence-corrected chi connectivity index (χ4v) is 9.35. The lowest BCUT2D eigenvalue weighted by atomic mass is 9.77. The van der Waals surface area contributed by atoms with Gasteiger partial charge in [-0.1, -0.05) is 91.6 Å². The molecule has 1 N–H and O–H groups in total. The van der Waals surface area contributed by atoms with Crippen molar-refractivity contribution in [1.29, 1.82) is 0 Å². The highest BCUT2D eigenvalue weighted by Crippen LogP contribution is 2.52. The summed E-state index contributed by atoms with van der Waals surface area (Å²) in [5, 5.41) is 10.5. The van der Waals surface area contributed by atoms with Crippen molar-refractivity contribution in [1.82, 2.24) is 0 Å². The lowest BCUT2D eigenvalue weighted by molar-refractivity contribution is -0.124. The van der Waals surface area contributed by atoms with E-state index in [-0.39, 0.29) is 47.0 Å². The molecule has 5 nitrogen and oxygen atoms in total. The van der Waals surface area contributed by atoms with E-state index in [1.54, 1.807) is 6.07 Å². The Balaban J connectivity index is 1.82. The molecule has 33 heavy (non-hydrogen) atoms. The minimum atomic E-state index is -0.749. The van der Waals surface area contributed by atoms with Gasteiger partial charge in [-0.15, -0.1) is 0 Å². The summed E-state index contributed by atoms with van der Waals surface area (Å²) in [5.74, 6) is -0.503. The van der Waals surface area contributed by atoms with Crippen LogP contribution in [0.15, 0.2) is 12.1 Å². The van der Waals surface area contributed by atoms with Crippen LogP contribution in [-0.4, -0.2) is 30.8 Å². The number of rotatable bonds is 2. The molecule has 0 bridgehead atoms. The van der Waals surface area contributed by atoms with Crippen molar-refractivity contribution < 1.29 is 24.2 Å². The molecule has 5 unspecified atom stereocenters. The van der Waals surface area contributed by atoms with Crippen molar-refractivity contribution in [2.75, 3.05) is 0 Å². The number of hydrogen-bond acceptors (Lipinski definition) is 5. The summed E-state index contributed by atoms with van der Waals surface area (Å²) in [6.07, 6.45) is -0.818. The first kappa shape index (κ1) is 27.3. The molecular weight excluding hydrogens is 970 g/mol. The third-order valence-corrected chi connectivity index (χ3v) is 11.5. The normalized spacial score (nSPS) is 26.3. The lowest BCUT2D eigenvalue weighted by Gasteiger charge is -2.44. The Morgan fingerprint density at radius 3 is 2.42 bits per heavy atom. The summed E-state index contributed by atoms with van der Waals surface area (Å²) >= 11 is 32.7. The zero-order chi connectivity index (χ0) is 24.4. The summed E-state index contributed by atoms with van der Waals surface area (Å²) in [4.78, 5) is 26.0. The SMILES string of the molecule is O=C(OC1c2cc(I)c(O)c(I)c2OC2C(I)C(=O)C(I)CC12)c1cc(Cl)c(Cl)c(Cl)c1Cl. The third-order valence-electron chi connectivity index (χ3n) is 5.45. The maximum Gasteiger partial charge on any atom is 0.340 e. The second-order valence-electron chi connectivity index (χ2n) is 7.37. The van der Waals surface area contributed by atoms with E-state index in [4.69, 9.17) is 55.9 Å². The lowest BCUT2D eigenvalue weighted by Crippen LogP contribution is -2.53. The van der Waals surface area contributed by atoms with E-state index >= 15 is 0 Å². The minimum Gasteiger partial charge on any atom is -0.506 e. The van der Waals surface area contributed by atoms with Crippen LogP contribution in [0.4, 0.5) is 0 Å². The number of carbonyl (C=O) groups excluding carboxylic acids is 2. The van der Waals surface area contributed by atoms with Crippen molar-refractivity contribution >= 4 is 149 Å². The molecule has 1 aliphatic carbocycles. The van der Waals surface area contributed by atoms with Gasteiger partial charge in [-0.3, -0.25) is 4.79 Å². The molecule has 13 heteroatoms. The summed E-state index contributed by atoms with van der Waals surface area (Å²) in [6.45, 7) is 0. The number of fused-ring (bicyclic) bond motifs is 2. The number of carbonyl (C=O) groups is 2. The second-order valence-corrected chi connectivity index (χ2v) is 14.0. The average molecular weight is 980 g/mol. The van der Waals surface area contributed by atoms with Crippen LogP contribution in [0.25, 0.3) is 0 Å². The van der Waals surface area contributed by atoms with Gasteiger partial charge in [-0.2, -0.15) is 0 Å². The van der Waals surface area contributed by atoms with Gasteiger partial charge in [0.25, 0.3) is 0 Å². The first-order chi connectivity index (χ1) is 15.4. The second kappa shape index (κ2) is 10.6. The molecule has 2 aromatic rings. The van der Waals surface area contributed by atoms with Crippen molar-refractivity contribution in [2.45, 2.75) is 26.5 Å². The van der Waals surface area contributed by atoms with E-state index in [0.717, 1.165) is 0 Å². The smallest absolute Gasteiger partial charge is 0.340 e. The minimum absolute atomic E-state index is 0.0206. The van der Waals surface area contributed by atoms with Crippen LogP contribution < -0.4 is 4.74 Å². The van der Waals surface area contributed by atoms with Gasteiger partial charge in [-0.25, -0.2) is 4.79 Å². The van der Waals surface area contributed by atoms with E-state index < -0.39 is 22.1 Å². The predicted molar refractivity (Wildman–Crippen MR) is 161 cm³/mol. The summed E-state index contributed by atoms with van der Waals surface area (Å²) < 4.78 is 12.6. The van der Waals surface area contributed by atoms with Gasteiger partial charge in [0.1, 0.15) is 27.6 Å². The van der Waals surface area contributed by atoms with E-state index in [0.29, 0.717) is 24.9 Å². The van der Waals surface area contributed by atoms with E-state index in [1.807, 2.05) is 45.2 Å². The van der Waals surface area contributed by atoms with E-state index in [1.165, 1.54) is 6.07 Å². The molecule has 0 saturated heterocycles. The number of Topliss-reactive ketones (excluding diaryl/α,β-unsaturated/α-hetero) is 1. The summed E-state index contributed by atoms with van der Waals surface area (Å²) in [6, 6.07) is 3.04. The summed E-state index contributed by atoms with van der Waals surface area (Å²) in [7, 11) is 0. The van der Waals surface area contributed by atoms with Gasteiger partial charge in [-0.05, 0) is 63.7 Å². The van der Waals surface area contributed by atoms with Gasteiger partial charge in [0, 0.05) is 11.5 Å². The number of esters is 1. The molecule has 2 aliphatic rings. The molecule has 1 saturated carbocycles. The number of hydrogen-bond donors (Lipinski definition) is 1. The number of halogens is 8. The number of alkyl halides is 2. The predicted octanol–water partition coefficient (Wildman–Crippen LogP) is 8.07. The molecule has 5 atom stereocenters. The maximum atomic E-state index is 13.3. The molecule has 4 rings (SSSR count). The Labute approximate surface area is 263 Å². The number of phenols is 1. The van der Waals surface area contributed by atoms with Crippen LogP contribution in [-0.2, 0) is 9.53 Å². The monoisotopic (exact) mass is 978 g/mol. The molecule has 0 aromatic heterocycles. The van der Waals surface area contributed by atoms with Crippen LogP contribution in [0.5, 0.6) is 11.5 Å². The van der Waals surface area contributed by atoms with Crippen LogP contribution in [0, 0.1) is 13.1 Å². The Morgan fingerprint density at radius 2 is 1.76 bits per heavy atom. The topological polar surface area (TPSA) is 72.8 Å². The van der Waals surface area contributed by atoms with Crippen molar-refractivity contribution in [3.8, 4) is 11.5 Å². The maximum absolute atomic E-state index is 13.3. The Morgan fingerprint density at radius 1 is 1.09 bits per heavy atom. The molecule has 0 spiro atoms. The molecule has 0 amide bonds. The summed E-state index contributed by atoms with van der Waals surface area (Å²) in [5.41, 5.74) is 0.591. The van der Waals surface area contributed by atoms with Crippen LogP contribution in [0.3, 0.4) is 0 Å². The molecule has 1 fully saturated rings. The molecule has 1 aliphatic heterocycles. The highest BCUT2D eigenvalue weighted by Gasteiger charge is 2.52. The highest BCUT2D eigenvalue weighted by molar-refractivity contribution is 14.1. The largest absolute Gasteiger partial charge is 0.506 e. The first-order valence-corrected chi connectivity index (χ1v) is 15.3. The molecule has 1 heterocycles. The Bertz CT molecular complexity index is 1190. The van der Waals surface area contributed by atoms with Gasteiger partial charge in [0.05, 0.1) is 36.7 Å². The number of ketones is 1. The fourth-order valence-electron chi connectivity index (χ4n) is 3.84. The molecule has 176 valence electrons. The van der Waals surface area contributed by atoms with Crippen molar-refractivity contribution in [3.63, 3.8) is 0 Å². The van der Waals surface area contributed by atoms with Crippen LogP contribution >= 0.6 is 137 Å². The molecular formula is C20H10Cl4I4O5. The quantitative estimate of drug-likeness (QED) is 0.109. The van der Waals surface area contributed by atoms with E-state index in [9.17, 15) is 14.7 Å². The Hall–Kier alpha value is 1.26. The fraction of sp³-hybridized carbons (Fsp3) is 0.300. The zero-order valence-electron chi connectivity index (χ0n) is 15.9. The van der Waals surface area contributed by atoms with E-state index in [2.05, 4.69) is 45.2 Å². The van der Waals surface area contributed by atoms with Crippen molar-refractivity contribution in [2.24, 2.45) is 5.92 Å². The molecule has 0 radical (unpaired) electrons. The first-order valence-electron chi connectivity index (χ1n) is 9.17. The van der Waals surface area contributed by atoms with Crippen LogP contribution in [0.2, 0.25) is 20.1 Å². The number of aromatic hydroxyl groups is 1. The Kier molecular flexibility index (Phi) is 8.73. The van der Waals surface area contributed by atoms with Gasteiger partial charge >= 0.3 is 5.97 Å². The van der Waals surface area contributed by atoms with Gasteiger partial charge in [0.15, 0.2) is 5.78 Å². The highest BCUT2D eigenvalue weighted by atomic mass is 127.